The molecule has 1 N–H and O–H groups in total. The van der Waals surface area contributed by atoms with Crippen LogP contribution in [0.3, 0.4) is 0 Å². The number of ether oxygens (including phenoxy) is 1. The van der Waals surface area contributed by atoms with E-state index >= 15 is 0 Å². The Bertz CT molecular complexity index is 371. The topological polar surface area (TPSA) is 32.7 Å². The fourth-order valence-electron chi connectivity index (χ4n) is 1.73. The van der Waals surface area contributed by atoms with Crippen molar-refractivity contribution >= 4 is 0 Å². The lowest BCUT2D eigenvalue weighted by molar-refractivity contribution is 0.0801. The van der Waals surface area contributed by atoms with Gasteiger partial charge in [0, 0.05) is 12.1 Å². The van der Waals surface area contributed by atoms with Crippen LogP contribution in [0.15, 0.2) is 24.3 Å². The molecule has 0 fully saturated rings. The van der Waals surface area contributed by atoms with Gasteiger partial charge >= 0.3 is 0 Å². The van der Waals surface area contributed by atoms with E-state index in [1.54, 1.807) is 0 Å². The van der Waals surface area contributed by atoms with Crippen molar-refractivity contribution in [2.75, 3.05) is 20.2 Å². The van der Waals surface area contributed by atoms with Gasteiger partial charge in [0.1, 0.15) is 5.75 Å². The van der Waals surface area contributed by atoms with Gasteiger partial charge in [-0.3, -0.25) is 4.90 Å². The van der Waals surface area contributed by atoms with E-state index in [1.165, 1.54) is 5.56 Å². The summed E-state index contributed by atoms with van der Waals surface area (Å²) in [5.74, 6) is 0.919. The molecule has 0 aliphatic heterocycles. The Morgan fingerprint density at radius 3 is 2.26 bits per heavy atom. The standard InChI is InChI=1S/C16H27NO2/c1-13(2)19-15-8-6-14(7-9-15)10-11-17(5)16(3,4)12-18/h6-9,13,18H,10-12H2,1-5H3. The summed E-state index contributed by atoms with van der Waals surface area (Å²) in [5, 5.41) is 9.32. The molecule has 1 rings (SSSR count). The predicted molar refractivity (Wildman–Crippen MR) is 79.7 cm³/mol. The normalized spacial score (nSPS) is 12.2. The van der Waals surface area contributed by atoms with Crippen LogP contribution in [-0.2, 0) is 6.42 Å². The Kier molecular flexibility index (Phi) is 5.83. The van der Waals surface area contributed by atoms with Gasteiger partial charge < -0.3 is 9.84 Å². The monoisotopic (exact) mass is 265 g/mol. The molecule has 0 radical (unpaired) electrons. The maximum Gasteiger partial charge on any atom is 0.119 e. The SMILES string of the molecule is CC(C)Oc1ccc(CCN(C)C(C)(C)CO)cc1. The van der Waals surface area contributed by atoms with E-state index in [9.17, 15) is 5.11 Å². The molecule has 1 aromatic rings. The van der Waals surface area contributed by atoms with Gasteiger partial charge in [-0.25, -0.2) is 0 Å². The number of rotatable bonds is 7. The van der Waals surface area contributed by atoms with Crippen molar-refractivity contribution in [2.24, 2.45) is 0 Å². The van der Waals surface area contributed by atoms with E-state index < -0.39 is 0 Å². The first-order valence-corrected chi connectivity index (χ1v) is 6.93. The Balaban J connectivity index is 2.50. The summed E-state index contributed by atoms with van der Waals surface area (Å²) in [6, 6.07) is 8.26. The third-order valence-electron chi connectivity index (χ3n) is 3.45. The molecule has 0 bridgehead atoms. The fourth-order valence-corrected chi connectivity index (χ4v) is 1.73. The van der Waals surface area contributed by atoms with Gasteiger partial charge in [0.15, 0.2) is 0 Å². The molecule has 0 saturated heterocycles. The van der Waals surface area contributed by atoms with Gasteiger partial charge in [-0.05, 0) is 58.9 Å². The zero-order valence-electron chi connectivity index (χ0n) is 12.8. The lowest BCUT2D eigenvalue weighted by atomic mass is 10.0. The zero-order valence-corrected chi connectivity index (χ0v) is 12.8. The van der Waals surface area contributed by atoms with Crippen LogP contribution in [0.25, 0.3) is 0 Å². The van der Waals surface area contributed by atoms with E-state index in [1.807, 2.05) is 46.9 Å². The first-order valence-electron chi connectivity index (χ1n) is 6.93. The minimum Gasteiger partial charge on any atom is -0.491 e. The summed E-state index contributed by atoms with van der Waals surface area (Å²) in [6.07, 6.45) is 1.18. The lowest BCUT2D eigenvalue weighted by Gasteiger charge is -2.33. The second kappa shape index (κ2) is 6.92. The molecule has 0 atom stereocenters. The average molecular weight is 265 g/mol. The van der Waals surface area contributed by atoms with E-state index in [4.69, 9.17) is 4.74 Å². The third kappa shape index (κ3) is 5.21. The molecule has 19 heavy (non-hydrogen) atoms. The van der Waals surface area contributed by atoms with E-state index in [0.717, 1.165) is 18.7 Å². The highest BCUT2D eigenvalue weighted by molar-refractivity contribution is 5.27. The second-order valence-corrected chi connectivity index (χ2v) is 5.95. The van der Waals surface area contributed by atoms with Crippen LogP contribution < -0.4 is 4.74 Å². The molecule has 0 aliphatic carbocycles. The largest absolute Gasteiger partial charge is 0.491 e. The Morgan fingerprint density at radius 1 is 1.21 bits per heavy atom. The van der Waals surface area contributed by atoms with Crippen LogP contribution in [0.2, 0.25) is 0 Å². The highest BCUT2D eigenvalue weighted by Crippen LogP contribution is 2.16. The van der Waals surface area contributed by atoms with Gasteiger partial charge in [0.2, 0.25) is 0 Å². The van der Waals surface area contributed by atoms with E-state index in [2.05, 4.69) is 17.0 Å². The molecule has 0 unspecified atom stereocenters. The van der Waals surface area contributed by atoms with E-state index in [-0.39, 0.29) is 18.2 Å². The van der Waals surface area contributed by atoms with Crippen LogP contribution in [0.4, 0.5) is 0 Å². The number of hydrogen-bond acceptors (Lipinski definition) is 3. The van der Waals surface area contributed by atoms with Gasteiger partial charge in [0.25, 0.3) is 0 Å². The number of nitrogens with zero attached hydrogens (tertiary/aromatic N) is 1. The Labute approximate surface area is 117 Å². The van der Waals surface area contributed by atoms with Crippen LogP contribution in [0, 0.1) is 0 Å². The Hall–Kier alpha value is -1.06. The summed E-state index contributed by atoms with van der Waals surface area (Å²) in [4.78, 5) is 2.19. The number of aliphatic hydroxyl groups is 1. The number of benzene rings is 1. The molecular weight excluding hydrogens is 238 g/mol. The van der Waals surface area contributed by atoms with Crippen molar-refractivity contribution < 1.29 is 9.84 Å². The smallest absolute Gasteiger partial charge is 0.119 e. The number of likely N-dealkylation sites (N-methyl/N-ethyl adjacent to an activating group) is 1. The van der Waals surface area contributed by atoms with Crippen LogP contribution in [-0.4, -0.2) is 41.8 Å². The summed E-state index contributed by atoms with van der Waals surface area (Å²) in [7, 11) is 2.05. The first kappa shape index (κ1) is 16.0. The quantitative estimate of drug-likeness (QED) is 0.823. The van der Waals surface area contributed by atoms with Crippen LogP contribution in [0.5, 0.6) is 5.75 Å². The molecule has 0 amide bonds. The van der Waals surface area contributed by atoms with Gasteiger partial charge in [-0.15, -0.1) is 0 Å². The molecule has 0 aromatic heterocycles. The first-order chi connectivity index (χ1) is 8.85. The maximum atomic E-state index is 9.32. The minimum absolute atomic E-state index is 0.166. The van der Waals surface area contributed by atoms with Crippen molar-refractivity contribution in [3.8, 4) is 5.75 Å². The maximum absolute atomic E-state index is 9.32. The minimum atomic E-state index is -0.166. The van der Waals surface area contributed by atoms with Crippen molar-refractivity contribution in [3.05, 3.63) is 29.8 Å². The molecule has 0 saturated carbocycles. The number of aliphatic hydroxyl groups excluding tert-OH is 1. The molecule has 0 heterocycles. The van der Waals surface area contributed by atoms with Crippen molar-refractivity contribution in [2.45, 2.75) is 45.8 Å². The second-order valence-electron chi connectivity index (χ2n) is 5.95. The number of hydrogen-bond donors (Lipinski definition) is 1. The molecule has 0 aliphatic rings. The van der Waals surface area contributed by atoms with E-state index in [0.29, 0.717) is 0 Å². The molecule has 1 aromatic carbocycles. The Morgan fingerprint density at radius 2 is 1.79 bits per heavy atom. The third-order valence-corrected chi connectivity index (χ3v) is 3.45. The molecule has 0 spiro atoms. The fraction of sp³-hybridized carbons (Fsp3) is 0.625. The summed E-state index contributed by atoms with van der Waals surface area (Å²) in [5.41, 5.74) is 1.12. The molecular formula is C16H27NO2. The van der Waals surface area contributed by atoms with Gasteiger partial charge in [0.05, 0.1) is 12.7 Å². The molecule has 108 valence electrons. The average Bonchev–Trinajstić information content (AvgIpc) is 2.36. The summed E-state index contributed by atoms with van der Waals surface area (Å²) < 4.78 is 5.62. The lowest BCUT2D eigenvalue weighted by Crippen LogP contribution is -2.45. The highest BCUT2D eigenvalue weighted by atomic mass is 16.5. The van der Waals surface area contributed by atoms with Gasteiger partial charge in [-0.2, -0.15) is 0 Å². The van der Waals surface area contributed by atoms with Crippen LogP contribution >= 0.6 is 0 Å². The summed E-state index contributed by atoms with van der Waals surface area (Å²) in [6.45, 7) is 9.25. The van der Waals surface area contributed by atoms with Gasteiger partial charge in [-0.1, -0.05) is 12.1 Å². The van der Waals surface area contributed by atoms with Crippen LogP contribution in [0.1, 0.15) is 33.3 Å². The predicted octanol–water partition coefficient (Wildman–Crippen LogP) is 2.72. The van der Waals surface area contributed by atoms with Crippen molar-refractivity contribution in [1.29, 1.82) is 0 Å². The highest BCUT2D eigenvalue weighted by Gasteiger charge is 2.21. The van der Waals surface area contributed by atoms with Crippen molar-refractivity contribution in [3.63, 3.8) is 0 Å². The molecule has 3 nitrogen and oxygen atoms in total. The zero-order chi connectivity index (χ0) is 14.5. The molecule has 3 heteroatoms. The van der Waals surface area contributed by atoms with Crippen molar-refractivity contribution in [1.82, 2.24) is 4.90 Å². The summed E-state index contributed by atoms with van der Waals surface area (Å²) >= 11 is 0.